The number of nitrogens with one attached hydrogen (secondary N) is 1. The van der Waals surface area contributed by atoms with Crippen molar-refractivity contribution in [3.8, 4) is 11.4 Å². The predicted molar refractivity (Wildman–Crippen MR) is 93.6 cm³/mol. The van der Waals surface area contributed by atoms with Crippen molar-refractivity contribution in [2.45, 2.75) is 44.8 Å². The minimum atomic E-state index is -0.0198. The van der Waals surface area contributed by atoms with Gasteiger partial charge in [-0.2, -0.15) is 4.68 Å². The topological polar surface area (TPSA) is 81.9 Å². The summed E-state index contributed by atoms with van der Waals surface area (Å²) in [4.78, 5) is 12.0. The number of carbonyl (C=O) groups excluding carboxylic acids is 1. The van der Waals surface area contributed by atoms with E-state index in [1.165, 1.54) is 11.8 Å². The number of benzene rings is 1. The van der Waals surface area contributed by atoms with Crippen molar-refractivity contribution in [3.63, 3.8) is 0 Å². The zero-order chi connectivity index (χ0) is 17.4. The number of ether oxygens (including phenoxy) is 1. The van der Waals surface area contributed by atoms with E-state index in [1.807, 2.05) is 38.1 Å². The molecule has 0 aliphatic carbocycles. The van der Waals surface area contributed by atoms with Crippen molar-refractivity contribution < 1.29 is 9.53 Å². The highest BCUT2D eigenvalue weighted by molar-refractivity contribution is 7.99. The summed E-state index contributed by atoms with van der Waals surface area (Å²) in [7, 11) is 0. The van der Waals surface area contributed by atoms with E-state index in [4.69, 9.17) is 4.74 Å². The molecule has 0 saturated heterocycles. The van der Waals surface area contributed by atoms with Crippen LogP contribution in [0.4, 0.5) is 0 Å². The molecule has 1 N–H and O–H groups in total. The molecule has 1 heterocycles. The molecule has 0 bridgehead atoms. The fourth-order valence-corrected chi connectivity index (χ4v) is 2.98. The first-order chi connectivity index (χ1) is 11.7. The van der Waals surface area contributed by atoms with Gasteiger partial charge in [-0.3, -0.25) is 4.79 Å². The Kier molecular flexibility index (Phi) is 7.05. The molecule has 1 atom stereocenters. The van der Waals surface area contributed by atoms with Crippen molar-refractivity contribution in [2.24, 2.45) is 0 Å². The summed E-state index contributed by atoms with van der Waals surface area (Å²) in [5, 5.41) is 15.3. The molecule has 1 aromatic heterocycles. The van der Waals surface area contributed by atoms with Gasteiger partial charge < -0.3 is 10.1 Å². The molecule has 0 unspecified atom stereocenters. The van der Waals surface area contributed by atoms with Crippen LogP contribution in [-0.2, 0) is 4.79 Å². The third-order valence-electron chi connectivity index (χ3n) is 3.30. The summed E-state index contributed by atoms with van der Waals surface area (Å²) >= 11 is 1.30. The lowest BCUT2D eigenvalue weighted by molar-refractivity contribution is -0.119. The van der Waals surface area contributed by atoms with Crippen molar-refractivity contribution in [1.82, 2.24) is 25.5 Å². The second-order valence-corrected chi connectivity index (χ2v) is 6.26. The van der Waals surface area contributed by atoms with Crippen molar-refractivity contribution >= 4 is 17.7 Å². The van der Waals surface area contributed by atoms with Crippen LogP contribution in [0, 0.1) is 0 Å². The number of carbonyl (C=O) groups is 1. The number of thioether (sulfide) groups is 1. The summed E-state index contributed by atoms with van der Waals surface area (Å²) in [6.45, 7) is 6.59. The molecule has 0 aliphatic rings. The number of rotatable bonds is 9. The SMILES string of the molecule is CCC[C@@H](C)NC(=O)CSc1nnnn1-c1ccccc1OCC. The molecule has 0 aliphatic heterocycles. The molecule has 0 saturated carbocycles. The standard InChI is InChI=1S/C16H23N5O2S/c1-4-8-12(3)17-15(22)11-24-16-18-19-20-21(16)13-9-6-7-10-14(13)23-5-2/h6-7,9-10,12H,4-5,8,11H2,1-3H3,(H,17,22)/t12-/m1/s1. The summed E-state index contributed by atoms with van der Waals surface area (Å²) in [5.74, 6) is 0.953. The van der Waals surface area contributed by atoms with Crippen molar-refractivity contribution in [1.29, 1.82) is 0 Å². The predicted octanol–water partition coefficient (Wildman–Crippen LogP) is 2.46. The van der Waals surface area contributed by atoms with Gasteiger partial charge in [-0.25, -0.2) is 0 Å². The van der Waals surface area contributed by atoms with Gasteiger partial charge in [0.1, 0.15) is 11.4 Å². The summed E-state index contributed by atoms with van der Waals surface area (Å²) in [5.41, 5.74) is 0.756. The molecule has 1 aromatic carbocycles. The average molecular weight is 349 g/mol. The zero-order valence-corrected chi connectivity index (χ0v) is 15.0. The van der Waals surface area contributed by atoms with Crippen LogP contribution in [0.15, 0.2) is 29.4 Å². The fourth-order valence-electron chi connectivity index (χ4n) is 2.28. The van der Waals surface area contributed by atoms with Crippen LogP contribution in [-0.4, -0.2) is 44.5 Å². The number of para-hydroxylation sites is 2. The normalized spacial score (nSPS) is 12.0. The van der Waals surface area contributed by atoms with Gasteiger partial charge in [0.2, 0.25) is 11.1 Å². The Morgan fingerprint density at radius 1 is 1.38 bits per heavy atom. The maximum atomic E-state index is 12.0. The first kappa shape index (κ1) is 18.3. The third kappa shape index (κ3) is 4.95. The highest BCUT2D eigenvalue weighted by atomic mass is 32.2. The lowest BCUT2D eigenvalue weighted by Crippen LogP contribution is -2.33. The molecule has 0 fully saturated rings. The van der Waals surface area contributed by atoms with Gasteiger partial charge in [0.25, 0.3) is 0 Å². The van der Waals surface area contributed by atoms with Crippen molar-refractivity contribution in [2.75, 3.05) is 12.4 Å². The van der Waals surface area contributed by atoms with E-state index in [0.717, 1.165) is 18.5 Å². The van der Waals surface area contributed by atoms with Crippen molar-refractivity contribution in [3.05, 3.63) is 24.3 Å². The number of nitrogens with zero attached hydrogens (tertiary/aromatic N) is 4. The lowest BCUT2D eigenvalue weighted by atomic mass is 10.2. The molecule has 0 radical (unpaired) electrons. The first-order valence-corrected chi connectivity index (χ1v) is 9.07. The third-order valence-corrected chi connectivity index (χ3v) is 4.21. The largest absolute Gasteiger partial charge is 0.492 e. The molecular formula is C16H23N5O2S. The van der Waals surface area contributed by atoms with Crippen LogP contribution >= 0.6 is 11.8 Å². The van der Waals surface area contributed by atoms with Gasteiger partial charge >= 0.3 is 0 Å². The molecule has 2 aromatic rings. The molecule has 8 heteroatoms. The summed E-state index contributed by atoms with van der Waals surface area (Å²) < 4.78 is 7.21. The number of tetrazole rings is 1. The Morgan fingerprint density at radius 2 is 2.17 bits per heavy atom. The quantitative estimate of drug-likeness (QED) is 0.700. The number of hydrogen-bond acceptors (Lipinski definition) is 6. The minimum absolute atomic E-state index is 0.0198. The van der Waals surface area contributed by atoms with E-state index >= 15 is 0 Å². The molecule has 130 valence electrons. The monoisotopic (exact) mass is 349 g/mol. The second-order valence-electron chi connectivity index (χ2n) is 5.32. The lowest BCUT2D eigenvalue weighted by Gasteiger charge is -2.13. The van der Waals surface area contributed by atoms with Gasteiger partial charge in [-0.05, 0) is 42.8 Å². The molecule has 0 spiro atoms. The van der Waals surface area contributed by atoms with Gasteiger partial charge in [-0.1, -0.05) is 37.2 Å². The number of amides is 1. The fraction of sp³-hybridized carbons (Fsp3) is 0.500. The van der Waals surface area contributed by atoms with Crippen LogP contribution in [0.5, 0.6) is 5.75 Å². The maximum Gasteiger partial charge on any atom is 0.230 e. The maximum absolute atomic E-state index is 12.0. The molecule has 1 amide bonds. The van der Waals surface area contributed by atoms with E-state index in [1.54, 1.807) is 4.68 Å². The van der Waals surface area contributed by atoms with Gasteiger partial charge in [0, 0.05) is 6.04 Å². The van der Waals surface area contributed by atoms with Gasteiger partial charge in [0.05, 0.1) is 12.4 Å². The zero-order valence-electron chi connectivity index (χ0n) is 14.2. The smallest absolute Gasteiger partial charge is 0.230 e. The Hall–Kier alpha value is -2.09. The average Bonchev–Trinajstić information content (AvgIpc) is 3.02. The van der Waals surface area contributed by atoms with Crippen LogP contribution in [0.3, 0.4) is 0 Å². The van der Waals surface area contributed by atoms with E-state index in [-0.39, 0.29) is 17.7 Å². The van der Waals surface area contributed by atoms with Crippen LogP contribution in [0.25, 0.3) is 5.69 Å². The molecule has 24 heavy (non-hydrogen) atoms. The van der Waals surface area contributed by atoms with E-state index in [2.05, 4.69) is 27.8 Å². The van der Waals surface area contributed by atoms with Gasteiger partial charge in [-0.15, -0.1) is 5.10 Å². The first-order valence-electron chi connectivity index (χ1n) is 8.08. The Balaban J connectivity index is 2.05. The van der Waals surface area contributed by atoms with E-state index < -0.39 is 0 Å². The van der Waals surface area contributed by atoms with Crippen LogP contribution in [0.2, 0.25) is 0 Å². The summed E-state index contributed by atoms with van der Waals surface area (Å²) in [6.07, 6.45) is 2.01. The Labute approximate surface area is 146 Å². The summed E-state index contributed by atoms with van der Waals surface area (Å²) in [6, 6.07) is 7.72. The Morgan fingerprint density at radius 3 is 2.92 bits per heavy atom. The highest BCUT2D eigenvalue weighted by Crippen LogP contribution is 2.25. The van der Waals surface area contributed by atoms with E-state index in [9.17, 15) is 4.79 Å². The van der Waals surface area contributed by atoms with Crippen LogP contribution in [0.1, 0.15) is 33.6 Å². The Bertz CT molecular complexity index is 661. The van der Waals surface area contributed by atoms with Crippen LogP contribution < -0.4 is 10.1 Å². The minimum Gasteiger partial charge on any atom is -0.492 e. The number of aromatic nitrogens is 4. The van der Waals surface area contributed by atoms with Gasteiger partial charge in [0.15, 0.2) is 0 Å². The molecule has 2 rings (SSSR count). The highest BCUT2D eigenvalue weighted by Gasteiger charge is 2.15. The second kappa shape index (κ2) is 9.27. The number of hydrogen-bond donors (Lipinski definition) is 1. The molecular weight excluding hydrogens is 326 g/mol. The van der Waals surface area contributed by atoms with E-state index in [0.29, 0.717) is 17.5 Å². The molecule has 7 nitrogen and oxygen atoms in total.